The van der Waals surface area contributed by atoms with Crippen molar-refractivity contribution >= 4 is 57.0 Å². The lowest BCUT2D eigenvalue weighted by Crippen LogP contribution is -2.32. The van der Waals surface area contributed by atoms with Gasteiger partial charge in [0.05, 0.1) is 11.3 Å². The Labute approximate surface area is 186 Å². The van der Waals surface area contributed by atoms with Gasteiger partial charge in [-0.1, -0.05) is 39.7 Å². The molecule has 0 unspecified atom stereocenters. The minimum absolute atomic E-state index is 0.178. The van der Waals surface area contributed by atoms with Crippen molar-refractivity contribution in [2.45, 2.75) is 0 Å². The predicted molar refractivity (Wildman–Crippen MR) is 121 cm³/mol. The average Bonchev–Trinajstić information content (AvgIpc) is 3.06. The van der Waals surface area contributed by atoms with Crippen LogP contribution >= 0.6 is 27.5 Å². The average molecular weight is 482 g/mol. The van der Waals surface area contributed by atoms with Crippen LogP contribution in [0.3, 0.4) is 0 Å². The maximum absolute atomic E-state index is 13.2. The number of hydrogen-bond donors (Lipinski definition) is 1. The molecule has 1 N–H and O–H groups in total. The molecule has 0 aromatic heterocycles. The number of nitrogens with zero attached hydrogens (tertiary/aromatic N) is 2. The van der Waals surface area contributed by atoms with Gasteiger partial charge in [0.1, 0.15) is 11.5 Å². The van der Waals surface area contributed by atoms with Crippen LogP contribution in [0.4, 0.5) is 5.69 Å². The second kappa shape index (κ2) is 8.26. The van der Waals surface area contributed by atoms with Crippen molar-refractivity contribution in [2.75, 3.05) is 4.90 Å². The third-order valence-corrected chi connectivity index (χ3v) is 5.29. The molecule has 4 rings (SSSR count). The molecule has 0 saturated heterocycles. The lowest BCUT2D eigenvalue weighted by atomic mass is 10.1. The highest BCUT2D eigenvalue weighted by Gasteiger charge is 2.32. The number of benzene rings is 3. The molecule has 1 aliphatic rings. The van der Waals surface area contributed by atoms with Crippen LogP contribution in [-0.2, 0) is 4.79 Å². The smallest absolute Gasteiger partial charge is 0.335 e. The molecule has 0 radical (unpaired) electrons. The summed E-state index contributed by atoms with van der Waals surface area (Å²) < 4.78 is 0.900. The highest BCUT2D eigenvalue weighted by Crippen LogP contribution is 2.29. The first-order valence-corrected chi connectivity index (χ1v) is 10.1. The second-order valence-corrected chi connectivity index (χ2v) is 7.87. The van der Waals surface area contributed by atoms with Crippen LogP contribution < -0.4 is 4.90 Å². The van der Waals surface area contributed by atoms with Gasteiger partial charge in [0.15, 0.2) is 0 Å². The fraction of sp³-hybridized carbons (Fsp3) is 0. The van der Waals surface area contributed by atoms with Gasteiger partial charge in [-0.15, -0.1) is 0 Å². The van der Waals surface area contributed by atoms with E-state index in [9.17, 15) is 9.59 Å². The summed E-state index contributed by atoms with van der Waals surface area (Å²) in [6.07, 6.45) is 1.64. The second-order valence-electron chi connectivity index (χ2n) is 6.52. The number of halogens is 2. The Morgan fingerprint density at radius 2 is 1.60 bits per heavy atom. The van der Waals surface area contributed by atoms with Crippen molar-refractivity contribution < 1.29 is 14.7 Å². The zero-order valence-corrected chi connectivity index (χ0v) is 17.8. The molecule has 0 spiro atoms. The maximum Gasteiger partial charge on any atom is 0.335 e. The number of rotatable bonds is 4. The Balaban J connectivity index is 1.78. The molecule has 3 aromatic rings. The number of aliphatic imine (C=N–C) groups is 1. The quantitative estimate of drug-likeness (QED) is 0.491. The molecule has 1 heterocycles. The first-order valence-electron chi connectivity index (χ1n) is 8.92. The van der Waals surface area contributed by atoms with E-state index in [1.54, 1.807) is 35.2 Å². The summed E-state index contributed by atoms with van der Waals surface area (Å²) in [5.41, 5.74) is 2.55. The van der Waals surface area contributed by atoms with E-state index in [-0.39, 0.29) is 17.2 Å². The molecule has 0 fully saturated rings. The van der Waals surface area contributed by atoms with E-state index >= 15 is 0 Å². The summed E-state index contributed by atoms with van der Waals surface area (Å²) in [6, 6.07) is 20.8. The van der Waals surface area contributed by atoms with E-state index in [2.05, 4.69) is 20.9 Å². The number of hydrogen-bond acceptors (Lipinski definition) is 3. The Morgan fingerprint density at radius 3 is 2.20 bits per heavy atom. The van der Waals surface area contributed by atoms with Crippen molar-refractivity contribution in [1.82, 2.24) is 0 Å². The minimum Gasteiger partial charge on any atom is -0.478 e. The lowest BCUT2D eigenvalue weighted by molar-refractivity contribution is -0.113. The first-order chi connectivity index (χ1) is 14.4. The van der Waals surface area contributed by atoms with Gasteiger partial charge in [-0.25, -0.2) is 9.79 Å². The molecule has 0 bridgehead atoms. The number of amides is 1. The summed E-state index contributed by atoms with van der Waals surface area (Å²) in [7, 11) is 0. The monoisotopic (exact) mass is 480 g/mol. The fourth-order valence-corrected chi connectivity index (χ4v) is 3.41. The van der Waals surface area contributed by atoms with Gasteiger partial charge in [-0.2, -0.15) is 0 Å². The zero-order chi connectivity index (χ0) is 21.3. The molecule has 0 atom stereocenters. The van der Waals surface area contributed by atoms with Gasteiger partial charge in [-0.05, 0) is 72.3 Å². The predicted octanol–water partition coefficient (Wildman–Crippen LogP) is 5.64. The Hall–Kier alpha value is -3.22. The Kier molecular flexibility index (Phi) is 5.53. The van der Waals surface area contributed by atoms with Gasteiger partial charge in [0, 0.05) is 15.1 Å². The summed E-state index contributed by atoms with van der Waals surface area (Å²) in [5.74, 6) is -0.785. The number of carbonyl (C=O) groups excluding carboxylic acids is 1. The van der Waals surface area contributed by atoms with Gasteiger partial charge in [0.25, 0.3) is 5.91 Å². The fourth-order valence-electron chi connectivity index (χ4n) is 3.02. The van der Waals surface area contributed by atoms with Crippen LogP contribution in [0.25, 0.3) is 6.08 Å². The van der Waals surface area contributed by atoms with Gasteiger partial charge in [-0.3, -0.25) is 9.69 Å². The molecular weight excluding hydrogens is 468 g/mol. The summed E-state index contributed by atoms with van der Waals surface area (Å²) in [6.45, 7) is 0. The van der Waals surface area contributed by atoms with Crippen LogP contribution in [0.1, 0.15) is 21.5 Å². The number of carbonyl (C=O) groups is 2. The zero-order valence-electron chi connectivity index (χ0n) is 15.4. The number of amidine groups is 1. The molecule has 30 heavy (non-hydrogen) atoms. The van der Waals surface area contributed by atoms with E-state index in [0.29, 0.717) is 22.1 Å². The van der Waals surface area contributed by atoms with Crippen molar-refractivity contribution in [3.63, 3.8) is 0 Å². The third kappa shape index (κ3) is 4.06. The standard InChI is InChI=1S/C23H14BrClN2O3/c24-17-7-11-19(12-8-17)27-21(15-5-9-18(25)10-6-15)26-20(22(27)28)13-14-1-3-16(4-2-14)23(29)30/h1-13H,(H,29,30)/b20-13+. The number of carboxylic acids is 1. The lowest BCUT2D eigenvalue weighted by Gasteiger charge is -2.18. The Bertz CT molecular complexity index is 1180. The van der Waals surface area contributed by atoms with Crippen LogP contribution in [0.2, 0.25) is 5.02 Å². The SMILES string of the molecule is O=C(O)c1ccc(/C=C2/N=C(c3ccc(Cl)cc3)N(c3ccc(Br)cc3)C2=O)cc1. The Morgan fingerprint density at radius 1 is 0.967 bits per heavy atom. The molecule has 3 aromatic carbocycles. The molecule has 5 nitrogen and oxygen atoms in total. The highest BCUT2D eigenvalue weighted by molar-refractivity contribution is 9.10. The maximum atomic E-state index is 13.2. The van der Waals surface area contributed by atoms with Crippen LogP contribution in [0.5, 0.6) is 0 Å². The summed E-state index contributed by atoms with van der Waals surface area (Å²) in [4.78, 5) is 30.4. The van der Waals surface area contributed by atoms with Crippen LogP contribution in [0.15, 0.2) is 88.0 Å². The minimum atomic E-state index is -1.00. The molecular formula is C23H14BrClN2O3. The van der Waals surface area contributed by atoms with E-state index in [4.69, 9.17) is 16.7 Å². The van der Waals surface area contributed by atoms with E-state index < -0.39 is 5.97 Å². The molecule has 1 amide bonds. The van der Waals surface area contributed by atoms with Gasteiger partial charge in [0.2, 0.25) is 0 Å². The molecule has 1 aliphatic heterocycles. The third-order valence-electron chi connectivity index (χ3n) is 4.51. The largest absolute Gasteiger partial charge is 0.478 e. The topological polar surface area (TPSA) is 70.0 Å². The van der Waals surface area contributed by atoms with Crippen LogP contribution in [-0.4, -0.2) is 22.8 Å². The van der Waals surface area contributed by atoms with Crippen molar-refractivity contribution in [3.05, 3.63) is 105 Å². The summed E-state index contributed by atoms with van der Waals surface area (Å²) in [5, 5.41) is 9.64. The van der Waals surface area contributed by atoms with E-state index in [1.807, 2.05) is 36.4 Å². The molecule has 0 aliphatic carbocycles. The number of aromatic carboxylic acids is 1. The molecule has 7 heteroatoms. The normalized spacial score (nSPS) is 14.9. The number of carboxylic acid groups (broad SMARTS) is 1. The van der Waals surface area contributed by atoms with Crippen molar-refractivity contribution in [2.24, 2.45) is 4.99 Å². The molecule has 148 valence electrons. The van der Waals surface area contributed by atoms with E-state index in [0.717, 1.165) is 10.0 Å². The van der Waals surface area contributed by atoms with Crippen molar-refractivity contribution in [3.8, 4) is 0 Å². The molecule has 0 saturated carbocycles. The van der Waals surface area contributed by atoms with Crippen LogP contribution in [0, 0.1) is 0 Å². The van der Waals surface area contributed by atoms with Crippen molar-refractivity contribution in [1.29, 1.82) is 0 Å². The summed E-state index contributed by atoms with van der Waals surface area (Å²) >= 11 is 9.42. The van der Waals surface area contributed by atoms with E-state index in [1.165, 1.54) is 12.1 Å². The first kappa shape index (κ1) is 20.1. The highest BCUT2D eigenvalue weighted by atomic mass is 79.9. The van der Waals surface area contributed by atoms with Gasteiger partial charge >= 0.3 is 5.97 Å². The number of anilines is 1. The van der Waals surface area contributed by atoms with Gasteiger partial charge < -0.3 is 5.11 Å².